The minimum absolute atomic E-state index is 0.152. The fraction of sp³-hybridized carbons (Fsp3) is 0.462. The molecular weight excluding hydrogens is 202 g/mol. The third-order valence-corrected chi connectivity index (χ3v) is 3.51. The fourth-order valence-electron chi connectivity index (χ4n) is 2.39. The number of piperidine rings is 1. The number of carbonyl (C=O) groups is 1. The van der Waals surface area contributed by atoms with E-state index in [1.807, 2.05) is 23.1 Å². The van der Waals surface area contributed by atoms with Crippen LogP contribution >= 0.6 is 0 Å². The number of hydrogen-bond acceptors (Lipinski definition) is 2. The maximum absolute atomic E-state index is 11.9. The van der Waals surface area contributed by atoms with Crippen LogP contribution in [0.5, 0.6) is 0 Å². The Morgan fingerprint density at radius 1 is 1.31 bits per heavy atom. The third kappa shape index (κ3) is 1.61. The first-order chi connectivity index (χ1) is 7.75. The van der Waals surface area contributed by atoms with Gasteiger partial charge in [-0.15, -0.1) is 0 Å². The van der Waals surface area contributed by atoms with Gasteiger partial charge in [0.15, 0.2) is 0 Å². The number of benzene rings is 1. The lowest BCUT2D eigenvalue weighted by Gasteiger charge is -2.31. The largest absolute Gasteiger partial charge is 0.367 e. The highest BCUT2D eigenvalue weighted by molar-refractivity contribution is 5.79. The van der Waals surface area contributed by atoms with Gasteiger partial charge < -0.3 is 9.64 Å². The van der Waals surface area contributed by atoms with Crippen molar-refractivity contribution in [2.24, 2.45) is 0 Å². The zero-order valence-corrected chi connectivity index (χ0v) is 9.30. The molecule has 2 fully saturated rings. The average Bonchev–Trinajstić information content (AvgIpc) is 3.06. The number of nitrogens with zero attached hydrogens (tertiary/aromatic N) is 1. The Morgan fingerprint density at radius 3 is 2.81 bits per heavy atom. The first kappa shape index (κ1) is 9.85. The summed E-state index contributed by atoms with van der Waals surface area (Å²) in [6, 6.07) is 10.3. The van der Waals surface area contributed by atoms with Gasteiger partial charge in [-0.3, -0.25) is 4.79 Å². The normalized spacial score (nSPS) is 29.8. The van der Waals surface area contributed by atoms with E-state index >= 15 is 0 Å². The minimum atomic E-state index is 0.152. The third-order valence-electron chi connectivity index (χ3n) is 3.51. The number of hydrogen-bond donors (Lipinski definition) is 0. The lowest BCUT2D eigenvalue weighted by molar-refractivity contribution is -0.134. The second kappa shape index (κ2) is 3.59. The predicted molar refractivity (Wildman–Crippen MR) is 59.8 cm³/mol. The van der Waals surface area contributed by atoms with E-state index in [2.05, 4.69) is 19.1 Å². The Hall–Kier alpha value is -1.35. The van der Waals surface area contributed by atoms with Crippen molar-refractivity contribution in [1.82, 2.24) is 4.90 Å². The van der Waals surface area contributed by atoms with E-state index < -0.39 is 0 Å². The molecule has 1 amide bonds. The smallest absolute Gasteiger partial charge is 0.225 e. The van der Waals surface area contributed by atoms with Gasteiger partial charge >= 0.3 is 0 Å². The van der Waals surface area contributed by atoms with E-state index in [0.717, 1.165) is 6.54 Å². The first-order valence-corrected chi connectivity index (χ1v) is 5.75. The number of amides is 1. The molecule has 0 bridgehead atoms. The highest BCUT2D eigenvalue weighted by atomic mass is 16.6. The van der Waals surface area contributed by atoms with Gasteiger partial charge in [-0.05, 0) is 12.5 Å². The lowest BCUT2D eigenvalue weighted by atomic mass is 10.0. The van der Waals surface area contributed by atoms with Crippen molar-refractivity contribution in [1.29, 1.82) is 0 Å². The monoisotopic (exact) mass is 217 g/mol. The molecule has 0 spiro atoms. The molecule has 84 valence electrons. The molecule has 0 unspecified atom stereocenters. The molecule has 1 aromatic rings. The molecule has 2 aliphatic heterocycles. The van der Waals surface area contributed by atoms with Crippen LogP contribution in [0.25, 0.3) is 0 Å². The quantitative estimate of drug-likeness (QED) is 0.707. The van der Waals surface area contributed by atoms with Crippen LogP contribution in [0.1, 0.15) is 24.9 Å². The maximum atomic E-state index is 11.9. The summed E-state index contributed by atoms with van der Waals surface area (Å²) in [4.78, 5) is 13.8. The first-order valence-electron chi connectivity index (χ1n) is 5.75. The van der Waals surface area contributed by atoms with Gasteiger partial charge in [0.1, 0.15) is 6.10 Å². The van der Waals surface area contributed by atoms with E-state index in [1.165, 1.54) is 5.56 Å². The van der Waals surface area contributed by atoms with Crippen molar-refractivity contribution >= 4 is 5.91 Å². The van der Waals surface area contributed by atoms with Crippen LogP contribution in [-0.4, -0.2) is 29.6 Å². The van der Waals surface area contributed by atoms with Gasteiger partial charge in [0.2, 0.25) is 5.91 Å². The molecule has 3 nitrogen and oxygen atoms in total. The second-order valence-electron chi connectivity index (χ2n) is 4.55. The molecule has 3 heteroatoms. The summed E-state index contributed by atoms with van der Waals surface area (Å²) in [5, 5.41) is 0. The van der Waals surface area contributed by atoms with Crippen molar-refractivity contribution in [2.45, 2.75) is 31.6 Å². The molecule has 0 saturated carbocycles. The molecule has 0 aliphatic carbocycles. The molecule has 2 heterocycles. The van der Waals surface area contributed by atoms with Gasteiger partial charge in [0.25, 0.3) is 0 Å². The SMILES string of the molecule is C[C@@H](c1ccccc1)N1C[C@@H]2O[C@@H]2CC1=O. The molecule has 0 radical (unpaired) electrons. The molecule has 0 N–H and O–H groups in total. The van der Waals surface area contributed by atoms with Crippen LogP contribution in [0.3, 0.4) is 0 Å². The van der Waals surface area contributed by atoms with E-state index in [1.54, 1.807) is 0 Å². The van der Waals surface area contributed by atoms with Crippen molar-refractivity contribution in [2.75, 3.05) is 6.54 Å². The number of ether oxygens (including phenoxy) is 1. The zero-order valence-electron chi connectivity index (χ0n) is 9.30. The standard InChI is InChI=1S/C13H15NO2/c1-9(10-5-3-2-4-6-10)14-8-12-11(16-12)7-13(14)15/h2-6,9,11-12H,7-8H2,1H3/t9-,11+,12-/m0/s1. The number of fused-ring (bicyclic) bond motifs is 1. The van der Waals surface area contributed by atoms with E-state index in [-0.39, 0.29) is 18.1 Å². The molecule has 1 aromatic carbocycles. The summed E-state index contributed by atoms with van der Waals surface area (Å²) in [7, 11) is 0. The minimum Gasteiger partial charge on any atom is -0.367 e. The van der Waals surface area contributed by atoms with Gasteiger partial charge in [-0.1, -0.05) is 30.3 Å². The molecule has 2 saturated heterocycles. The van der Waals surface area contributed by atoms with Crippen LogP contribution in [0.15, 0.2) is 30.3 Å². The average molecular weight is 217 g/mol. The highest BCUT2D eigenvalue weighted by Crippen LogP contribution is 2.35. The zero-order chi connectivity index (χ0) is 11.1. The van der Waals surface area contributed by atoms with E-state index in [9.17, 15) is 4.79 Å². The van der Waals surface area contributed by atoms with Crippen molar-refractivity contribution in [3.05, 3.63) is 35.9 Å². The Morgan fingerprint density at radius 2 is 2.06 bits per heavy atom. The van der Waals surface area contributed by atoms with Gasteiger partial charge in [-0.2, -0.15) is 0 Å². The second-order valence-corrected chi connectivity index (χ2v) is 4.55. The number of likely N-dealkylation sites (tertiary alicyclic amines) is 1. The molecule has 2 aliphatic rings. The summed E-state index contributed by atoms with van der Waals surface area (Å²) in [6.45, 7) is 2.83. The van der Waals surface area contributed by atoms with Crippen LogP contribution in [0, 0.1) is 0 Å². The van der Waals surface area contributed by atoms with Crippen LogP contribution in [-0.2, 0) is 9.53 Å². The molecular formula is C13H15NO2. The molecule has 3 atom stereocenters. The summed E-state index contributed by atoms with van der Waals surface area (Å²) < 4.78 is 5.40. The maximum Gasteiger partial charge on any atom is 0.225 e. The number of rotatable bonds is 2. The highest BCUT2D eigenvalue weighted by Gasteiger charge is 2.48. The predicted octanol–water partition coefficient (Wildman–Crippen LogP) is 1.75. The van der Waals surface area contributed by atoms with Crippen LogP contribution < -0.4 is 0 Å². The number of carbonyl (C=O) groups excluding carboxylic acids is 1. The Balaban J connectivity index is 1.79. The van der Waals surface area contributed by atoms with Gasteiger partial charge in [0, 0.05) is 0 Å². The Kier molecular flexibility index (Phi) is 2.21. The summed E-state index contributed by atoms with van der Waals surface area (Å²) >= 11 is 0. The summed E-state index contributed by atoms with van der Waals surface area (Å²) in [6.07, 6.45) is 1.07. The van der Waals surface area contributed by atoms with Gasteiger partial charge in [-0.25, -0.2) is 0 Å². The van der Waals surface area contributed by atoms with Crippen molar-refractivity contribution < 1.29 is 9.53 Å². The lowest BCUT2D eigenvalue weighted by Crippen LogP contribution is -2.41. The van der Waals surface area contributed by atoms with E-state index in [4.69, 9.17) is 4.74 Å². The topological polar surface area (TPSA) is 32.8 Å². The van der Waals surface area contributed by atoms with E-state index in [0.29, 0.717) is 12.5 Å². The van der Waals surface area contributed by atoms with Crippen LogP contribution in [0.4, 0.5) is 0 Å². The Labute approximate surface area is 95.0 Å². The van der Waals surface area contributed by atoms with Gasteiger partial charge in [0.05, 0.1) is 25.1 Å². The summed E-state index contributed by atoms with van der Waals surface area (Å²) in [5.74, 6) is 0.218. The summed E-state index contributed by atoms with van der Waals surface area (Å²) in [5.41, 5.74) is 1.19. The van der Waals surface area contributed by atoms with Crippen molar-refractivity contribution in [3.63, 3.8) is 0 Å². The molecule has 3 rings (SSSR count). The van der Waals surface area contributed by atoms with Crippen molar-refractivity contribution in [3.8, 4) is 0 Å². The molecule has 0 aromatic heterocycles. The number of epoxide rings is 1. The van der Waals surface area contributed by atoms with Crippen LogP contribution in [0.2, 0.25) is 0 Å². The molecule has 16 heavy (non-hydrogen) atoms. The fourth-order valence-corrected chi connectivity index (χ4v) is 2.39. The Bertz CT molecular complexity index is 404.